The lowest BCUT2D eigenvalue weighted by Crippen LogP contribution is -2.05. The molecule has 1 saturated carbocycles. The first-order valence-electron chi connectivity index (χ1n) is 5.57. The summed E-state index contributed by atoms with van der Waals surface area (Å²) in [5.74, 6) is 0.732. The van der Waals surface area contributed by atoms with Gasteiger partial charge in [-0.25, -0.2) is 0 Å². The van der Waals surface area contributed by atoms with Gasteiger partial charge in [-0.3, -0.25) is 0 Å². The smallest absolute Gasteiger partial charge is 0.0700 e. The van der Waals surface area contributed by atoms with E-state index in [0.29, 0.717) is 13.2 Å². The van der Waals surface area contributed by atoms with Crippen molar-refractivity contribution in [3.05, 3.63) is 0 Å². The Morgan fingerprint density at radius 1 is 1.21 bits per heavy atom. The van der Waals surface area contributed by atoms with Gasteiger partial charge in [0, 0.05) is 13.7 Å². The maximum absolute atomic E-state index is 9.32. The zero-order valence-corrected chi connectivity index (χ0v) is 9.08. The zero-order chi connectivity index (χ0) is 10.2. The summed E-state index contributed by atoms with van der Waals surface area (Å²) in [7, 11) is 1.68. The third kappa shape index (κ3) is 4.94. The molecule has 2 atom stereocenters. The van der Waals surface area contributed by atoms with Gasteiger partial charge >= 0.3 is 0 Å². The number of methoxy groups -OCH3 is 1. The molecule has 3 nitrogen and oxygen atoms in total. The molecular weight excluding hydrogens is 180 g/mol. The molecule has 0 bridgehead atoms. The molecule has 1 fully saturated rings. The summed E-state index contributed by atoms with van der Waals surface area (Å²) in [6, 6.07) is 0. The fourth-order valence-corrected chi connectivity index (χ4v) is 2.03. The molecule has 0 aliphatic heterocycles. The first-order valence-corrected chi connectivity index (χ1v) is 5.57. The molecule has 0 amide bonds. The van der Waals surface area contributed by atoms with Crippen molar-refractivity contribution < 1.29 is 14.6 Å². The summed E-state index contributed by atoms with van der Waals surface area (Å²) >= 11 is 0. The summed E-state index contributed by atoms with van der Waals surface area (Å²) in [6.45, 7) is 2.21. The number of aliphatic hydroxyl groups is 1. The highest BCUT2D eigenvalue weighted by Crippen LogP contribution is 2.28. The van der Waals surface area contributed by atoms with Gasteiger partial charge in [0.15, 0.2) is 0 Å². The summed E-state index contributed by atoms with van der Waals surface area (Å²) in [6.07, 6.45) is 5.46. The molecule has 0 aromatic carbocycles. The van der Waals surface area contributed by atoms with E-state index in [4.69, 9.17) is 9.47 Å². The van der Waals surface area contributed by atoms with E-state index >= 15 is 0 Å². The molecule has 0 aromatic rings. The third-order valence-electron chi connectivity index (χ3n) is 2.85. The van der Waals surface area contributed by atoms with Crippen molar-refractivity contribution in [3.63, 3.8) is 0 Å². The number of hydrogen-bond donors (Lipinski definition) is 1. The van der Waals surface area contributed by atoms with Gasteiger partial charge in [0.05, 0.1) is 19.3 Å². The largest absolute Gasteiger partial charge is 0.393 e. The average molecular weight is 202 g/mol. The Morgan fingerprint density at radius 3 is 2.71 bits per heavy atom. The van der Waals surface area contributed by atoms with Gasteiger partial charge in [0.1, 0.15) is 0 Å². The Labute approximate surface area is 86.4 Å². The van der Waals surface area contributed by atoms with Gasteiger partial charge in [-0.2, -0.15) is 0 Å². The third-order valence-corrected chi connectivity index (χ3v) is 2.85. The van der Waals surface area contributed by atoms with E-state index in [1.54, 1.807) is 7.11 Å². The van der Waals surface area contributed by atoms with E-state index < -0.39 is 0 Å². The molecule has 1 aliphatic rings. The number of ether oxygens (including phenoxy) is 2. The van der Waals surface area contributed by atoms with Crippen molar-refractivity contribution in [3.8, 4) is 0 Å². The Bertz CT molecular complexity index is 138. The van der Waals surface area contributed by atoms with Gasteiger partial charge < -0.3 is 14.6 Å². The van der Waals surface area contributed by atoms with Crippen LogP contribution < -0.4 is 0 Å². The van der Waals surface area contributed by atoms with Crippen LogP contribution in [0.4, 0.5) is 0 Å². The van der Waals surface area contributed by atoms with Crippen LogP contribution in [-0.4, -0.2) is 38.1 Å². The Morgan fingerprint density at radius 2 is 2.07 bits per heavy atom. The Hall–Kier alpha value is -0.120. The van der Waals surface area contributed by atoms with Crippen molar-refractivity contribution in [2.45, 2.75) is 38.2 Å². The SMILES string of the molecule is COCCOCCCC1CCC(O)C1. The zero-order valence-electron chi connectivity index (χ0n) is 9.08. The van der Waals surface area contributed by atoms with E-state index in [-0.39, 0.29) is 6.10 Å². The van der Waals surface area contributed by atoms with E-state index in [9.17, 15) is 5.11 Å². The van der Waals surface area contributed by atoms with Gasteiger partial charge in [-0.15, -0.1) is 0 Å². The summed E-state index contributed by atoms with van der Waals surface area (Å²) in [5.41, 5.74) is 0. The molecule has 3 heteroatoms. The van der Waals surface area contributed by atoms with Crippen molar-refractivity contribution in [1.29, 1.82) is 0 Å². The fraction of sp³-hybridized carbons (Fsp3) is 1.00. The summed E-state index contributed by atoms with van der Waals surface area (Å²) < 4.78 is 10.3. The van der Waals surface area contributed by atoms with Crippen LogP contribution in [0.1, 0.15) is 32.1 Å². The second-order valence-electron chi connectivity index (χ2n) is 4.08. The van der Waals surface area contributed by atoms with Gasteiger partial charge in [0.2, 0.25) is 0 Å². The quantitative estimate of drug-likeness (QED) is 0.637. The van der Waals surface area contributed by atoms with Crippen LogP contribution in [0.2, 0.25) is 0 Å². The lowest BCUT2D eigenvalue weighted by atomic mass is 10.0. The molecule has 0 aromatic heterocycles. The number of rotatable bonds is 7. The van der Waals surface area contributed by atoms with Crippen LogP contribution in [0.5, 0.6) is 0 Å². The van der Waals surface area contributed by atoms with Gasteiger partial charge in [-0.1, -0.05) is 0 Å². The average Bonchev–Trinajstić information content (AvgIpc) is 2.58. The standard InChI is InChI=1S/C11H22O3/c1-13-7-8-14-6-2-3-10-4-5-11(12)9-10/h10-12H,2-9H2,1H3. The van der Waals surface area contributed by atoms with Crippen LogP contribution in [0, 0.1) is 5.92 Å². The fourth-order valence-electron chi connectivity index (χ4n) is 2.03. The molecule has 1 rings (SSSR count). The molecule has 0 saturated heterocycles. The van der Waals surface area contributed by atoms with Crippen LogP contribution in [-0.2, 0) is 9.47 Å². The monoisotopic (exact) mass is 202 g/mol. The molecule has 2 unspecified atom stereocenters. The number of aliphatic hydroxyl groups excluding tert-OH is 1. The predicted octanol–water partition coefficient (Wildman–Crippen LogP) is 1.59. The lowest BCUT2D eigenvalue weighted by Gasteiger charge is -2.08. The van der Waals surface area contributed by atoms with Crippen molar-refractivity contribution in [2.75, 3.05) is 26.9 Å². The lowest BCUT2D eigenvalue weighted by molar-refractivity contribution is 0.0670. The molecule has 0 heterocycles. The highest BCUT2D eigenvalue weighted by atomic mass is 16.5. The van der Waals surface area contributed by atoms with E-state index in [1.807, 2.05) is 0 Å². The van der Waals surface area contributed by atoms with E-state index in [2.05, 4.69) is 0 Å². The van der Waals surface area contributed by atoms with Gasteiger partial charge in [-0.05, 0) is 38.0 Å². The minimum Gasteiger partial charge on any atom is -0.393 e. The minimum atomic E-state index is -0.0330. The van der Waals surface area contributed by atoms with Crippen LogP contribution in [0.3, 0.4) is 0 Å². The van der Waals surface area contributed by atoms with Crippen molar-refractivity contribution >= 4 is 0 Å². The number of hydrogen-bond acceptors (Lipinski definition) is 3. The Kier molecular flexibility index (Phi) is 6.15. The van der Waals surface area contributed by atoms with E-state index in [1.165, 1.54) is 12.8 Å². The molecule has 84 valence electrons. The first-order chi connectivity index (χ1) is 6.83. The molecule has 0 spiro atoms. The maximum atomic E-state index is 9.32. The molecular formula is C11H22O3. The Balaban J connectivity index is 1.84. The van der Waals surface area contributed by atoms with Crippen LogP contribution in [0.25, 0.3) is 0 Å². The van der Waals surface area contributed by atoms with Gasteiger partial charge in [0.25, 0.3) is 0 Å². The molecule has 0 radical (unpaired) electrons. The second kappa shape index (κ2) is 7.21. The minimum absolute atomic E-state index is 0.0330. The summed E-state index contributed by atoms with van der Waals surface area (Å²) in [4.78, 5) is 0. The highest BCUT2D eigenvalue weighted by molar-refractivity contribution is 4.74. The molecule has 1 aliphatic carbocycles. The normalized spacial score (nSPS) is 27.0. The van der Waals surface area contributed by atoms with Crippen molar-refractivity contribution in [2.24, 2.45) is 5.92 Å². The predicted molar refractivity (Wildman–Crippen MR) is 55.3 cm³/mol. The van der Waals surface area contributed by atoms with E-state index in [0.717, 1.165) is 31.8 Å². The second-order valence-corrected chi connectivity index (χ2v) is 4.08. The van der Waals surface area contributed by atoms with Crippen molar-refractivity contribution in [1.82, 2.24) is 0 Å². The first kappa shape index (κ1) is 12.0. The van der Waals surface area contributed by atoms with Crippen LogP contribution in [0.15, 0.2) is 0 Å². The summed E-state index contributed by atoms with van der Waals surface area (Å²) in [5, 5.41) is 9.32. The maximum Gasteiger partial charge on any atom is 0.0700 e. The van der Waals surface area contributed by atoms with Crippen LogP contribution >= 0.6 is 0 Å². The highest BCUT2D eigenvalue weighted by Gasteiger charge is 2.21. The molecule has 14 heavy (non-hydrogen) atoms. The topological polar surface area (TPSA) is 38.7 Å². The molecule has 1 N–H and O–H groups in total.